The van der Waals surface area contributed by atoms with E-state index in [-0.39, 0.29) is 28.8 Å². The molecule has 3 saturated carbocycles. The van der Waals surface area contributed by atoms with Crippen molar-refractivity contribution in [2.24, 2.45) is 28.6 Å². The van der Waals surface area contributed by atoms with Crippen molar-refractivity contribution in [1.82, 2.24) is 5.32 Å². The Kier molecular flexibility index (Phi) is 4.67. The van der Waals surface area contributed by atoms with Gasteiger partial charge in [-0.25, -0.2) is 0 Å². The zero-order chi connectivity index (χ0) is 19.4. The third-order valence-corrected chi connectivity index (χ3v) is 8.77. The highest BCUT2D eigenvalue weighted by atomic mass is 16.5. The number of fused-ring (bicyclic) bond motifs is 5. The molecule has 4 nitrogen and oxygen atoms in total. The maximum absolute atomic E-state index is 11.7. The fraction of sp³-hybridized carbons (Fsp3) is 0.826. The Labute approximate surface area is 163 Å². The molecule has 0 bridgehead atoms. The summed E-state index contributed by atoms with van der Waals surface area (Å²) in [5.74, 6) is 2.16. The number of hydrogen-bond donors (Lipinski definition) is 1. The molecule has 0 unspecified atom stereocenters. The van der Waals surface area contributed by atoms with Gasteiger partial charge in [0.1, 0.15) is 6.10 Å². The molecule has 0 aromatic carbocycles. The van der Waals surface area contributed by atoms with Gasteiger partial charge in [0.2, 0.25) is 5.91 Å². The highest BCUT2D eigenvalue weighted by molar-refractivity contribution is 5.73. The van der Waals surface area contributed by atoms with Crippen molar-refractivity contribution in [2.75, 3.05) is 0 Å². The van der Waals surface area contributed by atoms with E-state index in [1.807, 2.05) is 0 Å². The minimum Gasteiger partial charge on any atom is -0.462 e. The van der Waals surface area contributed by atoms with Crippen molar-refractivity contribution in [3.8, 4) is 0 Å². The summed E-state index contributed by atoms with van der Waals surface area (Å²) in [4.78, 5) is 23.1. The van der Waals surface area contributed by atoms with Gasteiger partial charge in [0.25, 0.3) is 0 Å². The molecule has 4 rings (SSSR count). The fourth-order valence-corrected chi connectivity index (χ4v) is 7.45. The zero-order valence-electron chi connectivity index (χ0n) is 17.3. The number of esters is 1. The molecule has 0 aromatic rings. The second-order valence-electron chi connectivity index (χ2n) is 10.1. The van der Waals surface area contributed by atoms with Gasteiger partial charge in [-0.3, -0.25) is 9.59 Å². The van der Waals surface area contributed by atoms with E-state index in [1.54, 1.807) is 12.5 Å². The van der Waals surface area contributed by atoms with Crippen LogP contribution in [0.15, 0.2) is 11.6 Å². The first-order valence-corrected chi connectivity index (χ1v) is 10.9. The van der Waals surface area contributed by atoms with Crippen molar-refractivity contribution in [1.29, 1.82) is 0 Å². The minimum absolute atomic E-state index is 0.0721. The first-order valence-electron chi connectivity index (χ1n) is 10.9. The summed E-state index contributed by atoms with van der Waals surface area (Å²) in [5, 5.41) is 3.26. The number of hydrogen-bond acceptors (Lipinski definition) is 3. The molecule has 0 radical (unpaired) electrons. The van der Waals surface area contributed by atoms with Gasteiger partial charge in [-0.15, -0.1) is 0 Å². The van der Waals surface area contributed by atoms with E-state index < -0.39 is 0 Å². The molecule has 4 aliphatic carbocycles. The lowest BCUT2D eigenvalue weighted by Gasteiger charge is -2.58. The molecule has 1 amide bonds. The van der Waals surface area contributed by atoms with Crippen LogP contribution in [0.5, 0.6) is 0 Å². The predicted molar refractivity (Wildman–Crippen MR) is 105 cm³/mol. The van der Waals surface area contributed by atoms with E-state index in [0.717, 1.165) is 43.9 Å². The van der Waals surface area contributed by atoms with Gasteiger partial charge in [-0.05, 0) is 73.5 Å². The smallest absolute Gasteiger partial charge is 0.302 e. The maximum atomic E-state index is 11.7. The number of carbonyl (C=O) groups is 2. The van der Waals surface area contributed by atoms with E-state index in [1.165, 1.54) is 26.2 Å². The molecule has 1 N–H and O–H groups in total. The van der Waals surface area contributed by atoms with Crippen molar-refractivity contribution in [2.45, 2.75) is 91.2 Å². The first-order chi connectivity index (χ1) is 12.7. The van der Waals surface area contributed by atoms with Gasteiger partial charge in [-0.2, -0.15) is 0 Å². The quantitative estimate of drug-likeness (QED) is 0.577. The van der Waals surface area contributed by atoms with Gasteiger partial charge in [-0.1, -0.05) is 25.5 Å². The normalized spacial score (nSPS) is 45.8. The Bertz CT molecular complexity index is 671. The Morgan fingerprint density at radius 2 is 1.85 bits per heavy atom. The molecular formula is C23H35NO3. The van der Waals surface area contributed by atoms with Crippen LogP contribution in [0.2, 0.25) is 0 Å². The van der Waals surface area contributed by atoms with Crippen LogP contribution in [0.3, 0.4) is 0 Å². The van der Waals surface area contributed by atoms with Crippen LogP contribution < -0.4 is 5.32 Å². The third-order valence-electron chi connectivity index (χ3n) is 8.77. The average molecular weight is 374 g/mol. The maximum Gasteiger partial charge on any atom is 0.302 e. The van der Waals surface area contributed by atoms with Crippen LogP contribution in [-0.2, 0) is 14.3 Å². The van der Waals surface area contributed by atoms with Gasteiger partial charge < -0.3 is 10.1 Å². The van der Waals surface area contributed by atoms with Crippen LogP contribution in [0, 0.1) is 28.6 Å². The largest absolute Gasteiger partial charge is 0.462 e. The number of rotatable bonds is 2. The highest BCUT2D eigenvalue weighted by Crippen LogP contribution is 2.64. The monoisotopic (exact) mass is 373 g/mol. The Balaban J connectivity index is 1.55. The van der Waals surface area contributed by atoms with Crippen molar-refractivity contribution >= 4 is 11.9 Å². The highest BCUT2D eigenvalue weighted by Gasteiger charge is 2.58. The van der Waals surface area contributed by atoms with Crippen molar-refractivity contribution < 1.29 is 14.3 Å². The molecule has 0 aromatic heterocycles. The van der Waals surface area contributed by atoms with Gasteiger partial charge in [0.15, 0.2) is 0 Å². The SMILES string of the molecule is CC(=O)N[C@H]1CC[C@H]2[C@@H]3CC=C4C[C@@H](OC(C)=O)CC[C@]4(C)[C@H]3CC[C@]12C. The minimum atomic E-state index is -0.152. The summed E-state index contributed by atoms with van der Waals surface area (Å²) < 4.78 is 5.54. The van der Waals surface area contributed by atoms with Crippen LogP contribution in [0.1, 0.15) is 79.1 Å². The summed E-state index contributed by atoms with van der Waals surface area (Å²) in [6.07, 6.45) is 11.6. The van der Waals surface area contributed by atoms with E-state index in [2.05, 4.69) is 25.2 Å². The second kappa shape index (κ2) is 6.63. The third kappa shape index (κ3) is 3.03. The molecule has 0 saturated heterocycles. The molecule has 3 fully saturated rings. The molecule has 150 valence electrons. The Morgan fingerprint density at radius 3 is 2.56 bits per heavy atom. The fourth-order valence-electron chi connectivity index (χ4n) is 7.45. The van der Waals surface area contributed by atoms with Crippen LogP contribution in [-0.4, -0.2) is 24.0 Å². The van der Waals surface area contributed by atoms with E-state index in [9.17, 15) is 9.59 Å². The van der Waals surface area contributed by atoms with Crippen LogP contribution in [0.25, 0.3) is 0 Å². The lowest BCUT2D eigenvalue weighted by Crippen LogP contribution is -2.53. The number of ether oxygens (including phenoxy) is 1. The Hall–Kier alpha value is -1.32. The molecular weight excluding hydrogens is 338 g/mol. The average Bonchev–Trinajstić information content (AvgIpc) is 2.91. The topological polar surface area (TPSA) is 55.4 Å². The lowest BCUT2D eigenvalue weighted by molar-refractivity contribution is -0.148. The molecule has 0 spiro atoms. The van der Waals surface area contributed by atoms with Crippen LogP contribution in [0.4, 0.5) is 0 Å². The summed E-state index contributed by atoms with van der Waals surface area (Å²) in [6.45, 7) is 8.08. The molecule has 4 heteroatoms. The number of amides is 1. The van der Waals surface area contributed by atoms with E-state index in [0.29, 0.717) is 12.0 Å². The summed E-state index contributed by atoms with van der Waals surface area (Å²) in [7, 11) is 0. The van der Waals surface area contributed by atoms with Crippen molar-refractivity contribution in [3.63, 3.8) is 0 Å². The standard InChI is InChI=1S/C23H35NO3/c1-14(25)24-21-8-7-19-18-6-5-16-13-17(27-15(2)26)9-11-22(16,3)20(18)10-12-23(19,21)4/h5,17-21H,6-13H2,1-4H3,(H,24,25)/t17-,18-,19-,20-,21-,22-,23-/m0/s1. The van der Waals surface area contributed by atoms with Gasteiger partial charge in [0.05, 0.1) is 0 Å². The lowest BCUT2D eigenvalue weighted by atomic mass is 9.48. The predicted octanol–water partition coefficient (Wildman–Crippen LogP) is 4.39. The Morgan fingerprint density at radius 1 is 1.07 bits per heavy atom. The molecule has 0 aliphatic heterocycles. The number of allylic oxidation sites excluding steroid dienone is 1. The first kappa shape index (κ1) is 19.0. The van der Waals surface area contributed by atoms with Crippen LogP contribution >= 0.6 is 0 Å². The number of nitrogens with one attached hydrogen (secondary N) is 1. The van der Waals surface area contributed by atoms with Gasteiger partial charge >= 0.3 is 5.97 Å². The van der Waals surface area contributed by atoms with E-state index in [4.69, 9.17) is 4.74 Å². The summed E-state index contributed by atoms with van der Waals surface area (Å²) in [5.41, 5.74) is 2.07. The van der Waals surface area contributed by atoms with Gasteiger partial charge in [0, 0.05) is 26.3 Å². The molecule has 7 atom stereocenters. The summed E-state index contributed by atoms with van der Waals surface area (Å²) >= 11 is 0. The zero-order valence-corrected chi connectivity index (χ0v) is 17.3. The summed E-state index contributed by atoms with van der Waals surface area (Å²) in [6, 6.07) is 0.346. The van der Waals surface area contributed by atoms with E-state index >= 15 is 0 Å². The molecule has 0 heterocycles. The number of carbonyl (C=O) groups excluding carboxylic acids is 2. The molecule has 27 heavy (non-hydrogen) atoms. The molecule has 4 aliphatic rings. The van der Waals surface area contributed by atoms with Crippen molar-refractivity contribution in [3.05, 3.63) is 11.6 Å². The second-order valence-corrected chi connectivity index (χ2v) is 10.1.